The minimum atomic E-state index is 0.0482. The van der Waals surface area contributed by atoms with Gasteiger partial charge in [-0.25, -0.2) is 0 Å². The predicted molar refractivity (Wildman–Crippen MR) is 131 cm³/mol. The highest BCUT2D eigenvalue weighted by atomic mass is 32.1. The van der Waals surface area contributed by atoms with E-state index < -0.39 is 0 Å². The molecule has 1 aliphatic rings. The van der Waals surface area contributed by atoms with Crippen molar-refractivity contribution in [1.29, 1.82) is 0 Å². The van der Waals surface area contributed by atoms with Crippen molar-refractivity contribution in [3.05, 3.63) is 93.3 Å². The summed E-state index contributed by atoms with van der Waals surface area (Å²) in [4.78, 5) is 31.7. The van der Waals surface area contributed by atoms with Crippen LogP contribution in [-0.4, -0.2) is 47.8 Å². The van der Waals surface area contributed by atoms with Gasteiger partial charge in [0, 0.05) is 37.3 Å². The molecule has 2 aromatic heterocycles. The largest absolute Gasteiger partial charge is 0.334 e. The number of piperazine rings is 1. The van der Waals surface area contributed by atoms with E-state index in [-0.39, 0.29) is 11.8 Å². The summed E-state index contributed by atoms with van der Waals surface area (Å²) in [6.45, 7) is 2.18. The maximum absolute atomic E-state index is 13.2. The molecule has 1 fully saturated rings. The van der Waals surface area contributed by atoms with Crippen molar-refractivity contribution in [2.24, 2.45) is 0 Å². The normalized spacial score (nSPS) is 13.9. The van der Waals surface area contributed by atoms with E-state index >= 15 is 0 Å². The summed E-state index contributed by atoms with van der Waals surface area (Å²) in [6, 6.07) is 24.0. The van der Waals surface area contributed by atoms with Gasteiger partial charge in [-0.1, -0.05) is 60.7 Å². The predicted octanol–water partition coefficient (Wildman–Crippen LogP) is 5.74. The number of benzene rings is 2. The Morgan fingerprint density at radius 1 is 0.562 bits per heavy atom. The number of rotatable bonds is 4. The highest BCUT2D eigenvalue weighted by Gasteiger charge is 2.29. The van der Waals surface area contributed by atoms with Crippen molar-refractivity contribution < 1.29 is 9.59 Å². The molecule has 32 heavy (non-hydrogen) atoms. The first-order valence-corrected chi connectivity index (χ1v) is 12.3. The van der Waals surface area contributed by atoms with Crippen LogP contribution in [0, 0.1) is 0 Å². The van der Waals surface area contributed by atoms with Crippen LogP contribution in [0.25, 0.3) is 22.3 Å². The number of hydrogen-bond donors (Lipinski definition) is 0. The van der Waals surface area contributed by atoms with E-state index in [1.165, 1.54) is 22.7 Å². The van der Waals surface area contributed by atoms with E-state index in [1.54, 1.807) is 0 Å². The smallest absolute Gasteiger partial charge is 0.264 e. The summed E-state index contributed by atoms with van der Waals surface area (Å²) in [7, 11) is 0. The van der Waals surface area contributed by atoms with Gasteiger partial charge in [0.2, 0.25) is 0 Å². The van der Waals surface area contributed by atoms with E-state index in [0.29, 0.717) is 26.2 Å². The van der Waals surface area contributed by atoms with Crippen LogP contribution in [0.5, 0.6) is 0 Å². The van der Waals surface area contributed by atoms with Crippen molar-refractivity contribution in [2.75, 3.05) is 26.2 Å². The monoisotopic (exact) mass is 458 g/mol. The molecule has 4 aromatic rings. The van der Waals surface area contributed by atoms with E-state index in [4.69, 9.17) is 0 Å². The fraction of sp³-hybridized carbons (Fsp3) is 0.154. The van der Waals surface area contributed by atoms with Gasteiger partial charge < -0.3 is 9.80 Å². The molecule has 0 aliphatic carbocycles. The van der Waals surface area contributed by atoms with Gasteiger partial charge in [-0.15, -0.1) is 22.7 Å². The van der Waals surface area contributed by atoms with Gasteiger partial charge in [0.05, 0.1) is 9.75 Å². The van der Waals surface area contributed by atoms with Gasteiger partial charge in [0.25, 0.3) is 11.8 Å². The Morgan fingerprint density at radius 3 is 1.31 bits per heavy atom. The Hall–Kier alpha value is -3.22. The van der Waals surface area contributed by atoms with Crippen molar-refractivity contribution in [3.63, 3.8) is 0 Å². The maximum atomic E-state index is 13.2. The van der Waals surface area contributed by atoms with Crippen molar-refractivity contribution >= 4 is 34.5 Å². The van der Waals surface area contributed by atoms with Gasteiger partial charge in [0.1, 0.15) is 0 Å². The molecule has 1 saturated heterocycles. The number of carbonyl (C=O) groups is 2. The summed E-state index contributed by atoms with van der Waals surface area (Å²) in [5.41, 5.74) is 4.06. The second kappa shape index (κ2) is 9.10. The molecular formula is C26H22N2O2S2. The van der Waals surface area contributed by atoms with Crippen molar-refractivity contribution in [3.8, 4) is 22.3 Å². The number of thiophene rings is 2. The average molecular weight is 459 g/mol. The van der Waals surface area contributed by atoms with E-state index in [2.05, 4.69) is 0 Å². The summed E-state index contributed by atoms with van der Waals surface area (Å²) in [5.74, 6) is 0.0964. The second-order valence-electron chi connectivity index (χ2n) is 7.64. The highest BCUT2D eigenvalue weighted by molar-refractivity contribution is 7.13. The molecule has 0 bridgehead atoms. The Kier molecular flexibility index (Phi) is 5.88. The molecule has 160 valence electrons. The molecule has 1 aliphatic heterocycles. The molecule has 0 radical (unpaired) electrons. The van der Waals surface area contributed by atoms with Crippen molar-refractivity contribution in [1.82, 2.24) is 9.80 Å². The number of nitrogens with zero attached hydrogens (tertiary/aromatic N) is 2. The fourth-order valence-corrected chi connectivity index (χ4v) is 5.81. The Morgan fingerprint density at radius 2 is 0.938 bits per heavy atom. The van der Waals surface area contributed by atoms with Gasteiger partial charge in [-0.2, -0.15) is 0 Å². The topological polar surface area (TPSA) is 40.6 Å². The molecule has 6 heteroatoms. The van der Waals surface area contributed by atoms with Crippen LogP contribution in [0.15, 0.2) is 83.6 Å². The average Bonchev–Trinajstić information content (AvgIpc) is 3.55. The molecule has 0 spiro atoms. The summed E-state index contributed by atoms with van der Waals surface area (Å²) >= 11 is 2.96. The van der Waals surface area contributed by atoms with Crippen LogP contribution in [0.3, 0.4) is 0 Å². The minimum absolute atomic E-state index is 0.0482. The SMILES string of the molecule is O=C(c1sccc1-c1ccccc1)N1CCN(C(=O)c2sccc2-c2ccccc2)CC1. The molecule has 0 saturated carbocycles. The third kappa shape index (κ3) is 3.99. The van der Waals surface area contributed by atoms with E-state index in [1.807, 2.05) is 93.4 Å². The quantitative estimate of drug-likeness (QED) is 0.391. The minimum Gasteiger partial charge on any atom is -0.334 e. The number of carbonyl (C=O) groups excluding carboxylic acids is 2. The molecular weight excluding hydrogens is 436 g/mol. The van der Waals surface area contributed by atoms with Crippen LogP contribution in [0.4, 0.5) is 0 Å². The lowest BCUT2D eigenvalue weighted by atomic mass is 10.1. The summed E-state index contributed by atoms with van der Waals surface area (Å²) in [6.07, 6.45) is 0. The van der Waals surface area contributed by atoms with Crippen LogP contribution in [0.2, 0.25) is 0 Å². The first kappa shape index (κ1) is 20.7. The number of hydrogen-bond acceptors (Lipinski definition) is 4. The van der Waals surface area contributed by atoms with Gasteiger partial charge in [-0.3, -0.25) is 9.59 Å². The van der Waals surface area contributed by atoms with E-state index in [9.17, 15) is 9.59 Å². The van der Waals surface area contributed by atoms with E-state index in [0.717, 1.165) is 32.0 Å². The molecule has 0 atom stereocenters. The van der Waals surface area contributed by atoms with Crippen LogP contribution >= 0.6 is 22.7 Å². The zero-order valence-electron chi connectivity index (χ0n) is 17.4. The molecule has 0 unspecified atom stereocenters. The Balaban J connectivity index is 1.28. The lowest BCUT2D eigenvalue weighted by Gasteiger charge is -2.34. The van der Waals surface area contributed by atoms with Gasteiger partial charge in [-0.05, 0) is 34.0 Å². The summed E-state index contributed by atoms with van der Waals surface area (Å²) in [5, 5.41) is 3.94. The van der Waals surface area contributed by atoms with Crippen LogP contribution in [-0.2, 0) is 0 Å². The fourth-order valence-electron chi connectivity index (χ4n) is 4.04. The lowest BCUT2D eigenvalue weighted by Crippen LogP contribution is -2.50. The molecule has 2 amide bonds. The zero-order chi connectivity index (χ0) is 21.9. The Labute approximate surface area is 195 Å². The number of amides is 2. The summed E-state index contributed by atoms with van der Waals surface area (Å²) < 4.78 is 0. The maximum Gasteiger partial charge on any atom is 0.264 e. The highest BCUT2D eigenvalue weighted by Crippen LogP contribution is 2.31. The molecule has 4 nitrogen and oxygen atoms in total. The van der Waals surface area contributed by atoms with Crippen molar-refractivity contribution in [2.45, 2.75) is 0 Å². The molecule has 0 N–H and O–H groups in total. The molecule has 3 heterocycles. The molecule has 5 rings (SSSR count). The van der Waals surface area contributed by atoms with Gasteiger partial charge >= 0.3 is 0 Å². The lowest BCUT2D eigenvalue weighted by molar-refractivity contribution is 0.0541. The van der Waals surface area contributed by atoms with Crippen LogP contribution in [0.1, 0.15) is 19.3 Å². The second-order valence-corrected chi connectivity index (χ2v) is 9.48. The van der Waals surface area contributed by atoms with Gasteiger partial charge in [0.15, 0.2) is 0 Å². The standard InChI is InChI=1S/C26H22N2O2S2/c29-25(23-21(11-17-31-23)19-7-3-1-4-8-19)27-13-15-28(16-14-27)26(30)24-22(12-18-32-24)20-9-5-2-6-10-20/h1-12,17-18H,13-16H2. The third-order valence-corrected chi connectivity index (χ3v) is 7.55. The van der Waals surface area contributed by atoms with Crippen LogP contribution < -0.4 is 0 Å². The zero-order valence-corrected chi connectivity index (χ0v) is 19.1. The first-order valence-electron chi connectivity index (χ1n) is 10.6. The third-order valence-electron chi connectivity index (χ3n) is 5.74. The first-order chi connectivity index (χ1) is 15.7. The Bertz CT molecular complexity index is 1130. The molecule has 2 aromatic carbocycles.